The summed E-state index contributed by atoms with van der Waals surface area (Å²) in [6, 6.07) is 10.2. The van der Waals surface area contributed by atoms with Crippen molar-refractivity contribution >= 4 is 16.3 Å². The Bertz CT molecular complexity index is 764. The molecule has 4 rings (SSSR count). The summed E-state index contributed by atoms with van der Waals surface area (Å²) in [6.07, 6.45) is 1.46. The molecule has 1 fully saturated rings. The number of hydrogen-bond donors (Lipinski definition) is 1. The maximum atomic E-state index is 10.6. The summed E-state index contributed by atoms with van der Waals surface area (Å²) in [5, 5.41) is 14.6. The maximum absolute atomic E-state index is 10.6. The van der Waals surface area contributed by atoms with E-state index < -0.39 is 0 Å². The van der Waals surface area contributed by atoms with Gasteiger partial charge in [-0.2, -0.15) is 9.61 Å². The first kappa shape index (κ1) is 13.7. The Labute approximate surface area is 131 Å². The molecule has 22 heavy (non-hydrogen) atoms. The van der Waals surface area contributed by atoms with Crippen molar-refractivity contribution in [2.45, 2.75) is 6.04 Å². The molecule has 1 aliphatic heterocycles. The van der Waals surface area contributed by atoms with Crippen molar-refractivity contribution in [3.8, 4) is 5.88 Å². The number of aromatic nitrogens is 3. The van der Waals surface area contributed by atoms with Crippen LogP contribution in [0.4, 0.5) is 0 Å². The standard InChI is InChI=1S/C15H16N4O2S/c20-14-13(22-15-16-10-17-19(14)15)12(11-4-2-1-3-5-11)18-6-8-21-9-7-18/h1-5,10,12,20H,6-9H2/t12-/m0/s1. The molecular weight excluding hydrogens is 300 g/mol. The molecule has 3 aromatic rings. The highest BCUT2D eigenvalue weighted by molar-refractivity contribution is 7.17. The van der Waals surface area contributed by atoms with Gasteiger partial charge < -0.3 is 9.84 Å². The Hall–Kier alpha value is -1.96. The lowest BCUT2D eigenvalue weighted by molar-refractivity contribution is 0.0241. The summed E-state index contributed by atoms with van der Waals surface area (Å²) >= 11 is 1.48. The van der Waals surface area contributed by atoms with E-state index in [9.17, 15) is 5.11 Å². The lowest BCUT2D eigenvalue weighted by Gasteiger charge is -2.34. The average Bonchev–Trinajstić information content (AvgIpc) is 3.14. The van der Waals surface area contributed by atoms with Crippen LogP contribution >= 0.6 is 11.3 Å². The number of hydrogen-bond acceptors (Lipinski definition) is 6. The Morgan fingerprint density at radius 1 is 1.18 bits per heavy atom. The summed E-state index contributed by atoms with van der Waals surface area (Å²) in [5.41, 5.74) is 1.16. The normalized spacial score (nSPS) is 17.8. The molecule has 1 aromatic carbocycles. The van der Waals surface area contributed by atoms with Crippen LogP contribution in [-0.2, 0) is 4.74 Å². The van der Waals surface area contributed by atoms with Gasteiger partial charge in [-0.25, -0.2) is 4.98 Å². The van der Waals surface area contributed by atoms with E-state index >= 15 is 0 Å². The molecule has 114 valence electrons. The van der Waals surface area contributed by atoms with E-state index in [1.54, 1.807) is 0 Å². The van der Waals surface area contributed by atoms with Gasteiger partial charge in [0.15, 0.2) is 0 Å². The fourth-order valence-electron chi connectivity index (χ4n) is 2.87. The van der Waals surface area contributed by atoms with E-state index in [0.717, 1.165) is 23.5 Å². The minimum Gasteiger partial charge on any atom is -0.492 e. The van der Waals surface area contributed by atoms with Gasteiger partial charge in [-0.05, 0) is 5.56 Å². The van der Waals surface area contributed by atoms with Crippen LogP contribution in [0.15, 0.2) is 36.7 Å². The smallest absolute Gasteiger partial charge is 0.230 e. The first-order valence-electron chi connectivity index (χ1n) is 7.23. The van der Waals surface area contributed by atoms with Crippen molar-refractivity contribution in [2.75, 3.05) is 26.3 Å². The van der Waals surface area contributed by atoms with Gasteiger partial charge in [-0.15, -0.1) is 0 Å². The molecule has 7 heteroatoms. The zero-order chi connectivity index (χ0) is 14.9. The fourth-order valence-corrected chi connectivity index (χ4v) is 3.96. The minimum atomic E-state index is -0.00130. The van der Waals surface area contributed by atoms with Crippen LogP contribution in [0.3, 0.4) is 0 Å². The molecule has 2 aromatic heterocycles. The Morgan fingerprint density at radius 2 is 1.95 bits per heavy atom. The molecule has 0 spiro atoms. The third-order valence-electron chi connectivity index (χ3n) is 3.91. The quantitative estimate of drug-likeness (QED) is 0.800. The van der Waals surface area contributed by atoms with Gasteiger partial charge in [0.2, 0.25) is 10.8 Å². The molecule has 0 saturated carbocycles. The second-order valence-electron chi connectivity index (χ2n) is 5.21. The monoisotopic (exact) mass is 316 g/mol. The number of thiazole rings is 1. The fraction of sp³-hybridized carbons (Fsp3) is 0.333. The number of rotatable bonds is 3. The van der Waals surface area contributed by atoms with Crippen LogP contribution in [0.1, 0.15) is 16.5 Å². The van der Waals surface area contributed by atoms with E-state index in [-0.39, 0.29) is 11.9 Å². The molecule has 3 heterocycles. The van der Waals surface area contributed by atoms with E-state index in [2.05, 4.69) is 27.1 Å². The Kier molecular flexibility index (Phi) is 3.53. The number of benzene rings is 1. The summed E-state index contributed by atoms with van der Waals surface area (Å²) in [7, 11) is 0. The number of ether oxygens (including phenoxy) is 1. The molecule has 0 amide bonds. The van der Waals surface area contributed by atoms with E-state index in [1.807, 2.05) is 18.2 Å². The predicted molar refractivity (Wildman–Crippen MR) is 83.2 cm³/mol. The van der Waals surface area contributed by atoms with Crippen molar-refractivity contribution in [3.05, 3.63) is 47.1 Å². The van der Waals surface area contributed by atoms with Crippen molar-refractivity contribution in [1.82, 2.24) is 19.5 Å². The molecule has 6 nitrogen and oxygen atoms in total. The second kappa shape index (κ2) is 5.68. The number of nitrogens with zero attached hydrogens (tertiary/aromatic N) is 4. The van der Waals surface area contributed by atoms with Crippen LogP contribution in [0, 0.1) is 0 Å². The summed E-state index contributed by atoms with van der Waals surface area (Å²) < 4.78 is 6.96. The topological polar surface area (TPSA) is 62.9 Å². The van der Waals surface area contributed by atoms with Gasteiger partial charge in [0.1, 0.15) is 6.33 Å². The van der Waals surface area contributed by atoms with Gasteiger partial charge in [-0.3, -0.25) is 4.90 Å². The number of fused-ring (bicyclic) bond motifs is 1. The maximum Gasteiger partial charge on any atom is 0.230 e. The lowest BCUT2D eigenvalue weighted by Crippen LogP contribution is -2.39. The van der Waals surface area contributed by atoms with Crippen LogP contribution in [0.5, 0.6) is 5.88 Å². The number of aromatic hydroxyl groups is 1. The van der Waals surface area contributed by atoms with Crippen LogP contribution in [-0.4, -0.2) is 50.9 Å². The largest absolute Gasteiger partial charge is 0.492 e. The van der Waals surface area contributed by atoms with Crippen LogP contribution in [0.25, 0.3) is 4.96 Å². The molecule has 0 radical (unpaired) electrons. The van der Waals surface area contributed by atoms with Gasteiger partial charge in [0.25, 0.3) is 0 Å². The molecule has 1 saturated heterocycles. The first-order chi connectivity index (χ1) is 10.8. The zero-order valence-corrected chi connectivity index (χ0v) is 12.7. The van der Waals surface area contributed by atoms with Gasteiger partial charge in [0, 0.05) is 13.1 Å². The average molecular weight is 316 g/mol. The summed E-state index contributed by atoms with van der Waals surface area (Å²) in [5.74, 6) is 0.179. The molecule has 1 atom stereocenters. The second-order valence-corrected chi connectivity index (χ2v) is 6.21. The third-order valence-corrected chi connectivity index (χ3v) is 5.00. The van der Waals surface area contributed by atoms with E-state index in [0.29, 0.717) is 18.2 Å². The van der Waals surface area contributed by atoms with Crippen molar-refractivity contribution in [3.63, 3.8) is 0 Å². The summed E-state index contributed by atoms with van der Waals surface area (Å²) in [4.78, 5) is 8.11. The van der Waals surface area contributed by atoms with Gasteiger partial charge >= 0.3 is 0 Å². The van der Waals surface area contributed by atoms with Crippen LogP contribution < -0.4 is 0 Å². The molecule has 0 bridgehead atoms. The van der Waals surface area contributed by atoms with E-state index in [1.165, 1.54) is 22.2 Å². The first-order valence-corrected chi connectivity index (χ1v) is 8.04. The molecule has 0 unspecified atom stereocenters. The highest BCUT2D eigenvalue weighted by Gasteiger charge is 2.29. The molecule has 0 aliphatic carbocycles. The Morgan fingerprint density at radius 3 is 2.68 bits per heavy atom. The summed E-state index contributed by atoms with van der Waals surface area (Å²) in [6.45, 7) is 3.11. The lowest BCUT2D eigenvalue weighted by atomic mass is 10.0. The molecular formula is C15H16N4O2S. The zero-order valence-electron chi connectivity index (χ0n) is 11.9. The van der Waals surface area contributed by atoms with Crippen molar-refractivity contribution in [1.29, 1.82) is 0 Å². The minimum absolute atomic E-state index is 0.00130. The van der Waals surface area contributed by atoms with Crippen molar-refractivity contribution < 1.29 is 9.84 Å². The highest BCUT2D eigenvalue weighted by Crippen LogP contribution is 2.39. The predicted octanol–water partition coefficient (Wildman–Crippen LogP) is 1.92. The third kappa shape index (κ3) is 2.27. The number of morpholine rings is 1. The van der Waals surface area contributed by atoms with Crippen LogP contribution in [0.2, 0.25) is 0 Å². The Balaban J connectivity index is 1.82. The molecule has 1 N–H and O–H groups in total. The van der Waals surface area contributed by atoms with E-state index in [4.69, 9.17) is 4.74 Å². The highest BCUT2D eigenvalue weighted by atomic mass is 32.1. The van der Waals surface area contributed by atoms with Crippen molar-refractivity contribution in [2.24, 2.45) is 0 Å². The molecule has 1 aliphatic rings. The SMILES string of the molecule is Oc1c([C@H](c2ccccc2)N2CCOCC2)sc2ncnn12. The van der Waals surface area contributed by atoms with Gasteiger partial charge in [-0.1, -0.05) is 41.7 Å². The van der Waals surface area contributed by atoms with Gasteiger partial charge in [0.05, 0.1) is 24.1 Å².